The molecule has 0 aromatic rings. The van der Waals surface area contributed by atoms with Gasteiger partial charge in [-0.05, 0) is 0 Å². The van der Waals surface area contributed by atoms with Crippen molar-refractivity contribution in [2.45, 2.75) is 30.6 Å². The minimum absolute atomic E-state index is 0.598. The summed E-state index contributed by atoms with van der Waals surface area (Å²) in [5.74, 6) is -1.04. The molecular weight excluding hydrogens is 225 g/mol. The predicted octanol–water partition coefficient (Wildman–Crippen LogP) is -3.13. The summed E-state index contributed by atoms with van der Waals surface area (Å²) in [4.78, 5) is 10.7. The van der Waals surface area contributed by atoms with Crippen LogP contribution in [0, 0.1) is 0 Å². The van der Waals surface area contributed by atoms with Crippen LogP contribution in [-0.4, -0.2) is 70.3 Å². The van der Waals surface area contributed by atoms with Crippen molar-refractivity contribution < 1.29 is 34.3 Å². The van der Waals surface area contributed by atoms with Crippen molar-refractivity contribution in [1.29, 1.82) is 0 Å². The second kappa shape index (κ2) is 5.51. The molecule has 0 bridgehead atoms. The van der Waals surface area contributed by atoms with Gasteiger partial charge in [-0.3, -0.25) is 4.79 Å². The first-order chi connectivity index (χ1) is 7.51. The van der Waals surface area contributed by atoms with E-state index < -0.39 is 49.8 Å². The second-order valence-electron chi connectivity index (χ2n) is 3.46. The number of carbonyl (C=O) groups excluding carboxylic acids is 1. The van der Waals surface area contributed by atoms with Gasteiger partial charge in [0.25, 0.3) is 5.91 Å². The van der Waals surface area contributed by atoms with Crippen LogP contribution < -0.4 is 5.32 Å². The highest BCUT2D eigenvalue weighted by molar-refractivity contribution is 5.77. The first-order valence-electron chi connectivity index (χ1n) is 4.67. The summed E-state index contributed by atoms with van der Waals surface area (Å²) in [6, 6.07) is -1.33. The molecule has 0 saturated carbocycles. The third kappa shape index (κ3) is 2.66. The molecule has 1 saturated heterocycles. The van der Waals surface area contributed by atoms with Crippen molar-refractivity contribution in [3.63, 3.8) is 0 Å². The van der Waals surface area contributed by atoms with Gasteiger partial charge < -0.3 is 30.5 Å². The SMILES string of the molecule is O=C(CF)N[C@@H]1[C@@H](O)[C@@H](O)[C@@H](CO)O[C@@H]1O. The molecule has 1 aliphatic rings. The monoisotopic (exact) mass is 239 g/mol. The standard InChI is InChI=1S/C8H14FNO6/c9-1-4(12)10-5-7(14)6(13)3(2-11)16-8(5)15/h3,5-8,11,13-15H,1-2H2,(H,10,12)/t3-,5-,6+,7-,8+/m1/s1. The molecule has 1 fully saturated rings. The molecule has 1 heterocycles. The number of hydrogen-bond donors (Lipinski definition) is 5. The Morgan fingerprint density at radius 1 is 1.31 bits per heavy atom. The number of aliphatic hydroxyl groups excluding tert-OH is 4. The zero-order valence-electron chi connectivity index (χ0n) is 8.28. The van der Waals surface area contributed by atoms with Crippen LogP contribution >= 0.6 is 0 Å². The molecule has 0 aromatic carbocycles. The van der Waals surface area contributed by atoms with E-state index in [-0.39, 0.29) is 0 Å². The molecule has 7 nitrogen and oxygen atoms in total. The fraction of sp³-hybridized carbons (Fsp3) is 0.875. The second-order valence-corrected chi connectivity index (χ2v) is 3.46. The van der Waals surface area contributed by atoms with E-state index >= 15 is 0 Å². The third-order valence-electron chi connectivity index (χ3n) is 2.35. The smallest absolute Gasteiger partial charge is 0.251 e. The number of hydrogen-bond acceptors (Lipinski definition) is 6. The summed E-state index contributed by atoms with van der Waals surface area (Å²) < 4.78 is 16.7. The normalized spacial score (nSPS) is 39.4. The van der Waals surface area contributed by atoms with Crippen LogP contribution in [0.2, 0.25) is 0 Å². The number of alkyl halides is 1. The van der Waals surface area contributed by atoms with Gasteiger partial charge in [-0.2, -0.15) is 0 Å². The Morgan fingerprint density at radius 2 is 1.94 bits per heavy atom. The average Bonchev–Trinajstić information content (AvgIpc) is 2.28. The summed E-state index contributed by atoms with van der Waals surface area (Å²) in [5.41, 5.74) is 0. The highest BCUT2D eigenvalue weighted by Crippen LogP contribution is 2.19. The van der Waals surface area contributed by atoms with Gasteiger partial charge in [-0.1, -0.05) is 0 Å². The topological polar surface area (TPSA) is 119 Å². The molecule has 1 rings (SSSR count). The zero-order valence-corrected chi connectivity index (χ0v) is 8.28. The van der Waals surface area contributed by atoms with Crippen molar-refractivity contribution in [3.05, 3.63) is 0 Å². The molecule has 0 spiro atoms. The van der Waals surface area contributed by atoms with Crippen LogP contribution in [-0.2, 0) is 9.53 Å². The number of ether oxygens (including phenoxy) is 1. The Hall–Kier alpha value is -0.800. The van der Waals surface area contributed by atoms with E-state index in [9.17, 15) is 24.5 Å². The molecule has 8 heteroatoms. The molecule has 16 heavy (non-hydrogen) atoms. The first kappa shape index (κ1) is 13.3. The number of nitrogens with one attached hydrogen (secondary N) is 1. The van der Waals surface area contributed by atoms with Crippen molar-refractivity contribution in [3.8, 4) is 0 Å². The minimum atomic E-state index is -1.62. The number of carbonyl (C=O) groups is 1. The maximum Gasteiger partial charge on any atom is 0.251 e. The lowest BCUT2D eigenvalue weighted by molar-refractivity contribution is -0.253. The number of aliphatic hydroxyl groups is 4. The van der Waals surface area contributed by atoms with Gasteiger partial charge in [0, 0.05) is 0 Å². The van der Waals surface area contributed by atoms with Crippen LogP contribution in [0.5, 0.6) is 0 Å². The molecule has 0 radical (unpaired) electrons. The van der Waals surface area contributed by atoms with E-state index in [2.05, 4.69) is 0 Å². The van der Waals surface area contributed by atoms with Crippen LogP contribution in [0.3, 0.4) is 0 Å². The number of halogens is 1. The van der Waals surface area contributed by atoms with Gasteiger partial charge in [0.2, 0.25) is 0 Å². The van der Waals surface area contributed by atoms with Crippen molar-refractivity contribution in [1.82, 2.24) is 5.32 Å². The molecular formula is C8H14FNO6. The van der Waals surface area contributed by atoms with Crippen molar-refractivity contribution in [2.24, 2.45) is 0 Å². The van der Waals surface area contributed by atoms with E-state index in [0.717, 1.165) is 0 Å². The minimum Gasteiger partial charge on any atom is -0.394 e. The highest BCUT2D eigenvalue weighted by Gasteiger charge is 2.44. The lowest BCUT2D eigenvalue weighted by atomic mass is 9.97. The van der Waals surface area contributed by atoms with Crippen LogP contribution in [0.1, 0.15) is 0 Å². The van der Waals surface area contributed by atoms with E-state index in [0.29, 0.717) is 0 Å². The molecule has 0 unspecified atom stereocenters. The lowest BCUT2D eigenvalue weighted by Crippen LogP contribution is -2.64. The summed E-state index contributed by atoms with van der Waals surface area (Å²) >= 11 is 0. The number of rotatable bonds is 3. The number of amides is 1. The fourth-order valence-electron chi connectivity index (χ4n) is 1.48. The molecule has 0 aliphatic carbocycles. The quantitative estimate of drug-likeness (QED) is 0.355. The fourth-order valence-corrected chi connectivity index (χ4v) is 1.48. The Balaban J connectivity index is 2.67. The van der Waals surface area contributed by atoms with Gasteiger partial charge in [-0.15, -0.1) is 0 Å². The summed E-state index contributed by atoms with van der Waals surface area (Å²) in [7, 11) is 0. The molecule has 0 aromatic heterocycles. The van der Waals surface area contributed by atoms with Gasteiger partial charge in [0.05, 0.1) is 6.61 Å². The van der Waals surface area contributed by atoms with Gasteiger partial charge in [-0.25, -0.2) is 4.39 Å². The molecule has 1 amide bonds. The first-order valence-corrected chi connectivity index (χ1v) is 4.67. The Morgan fingerprint density at radius 3 is 2.44 bits per heavy atom. The Kier molecular flexibility index (Phi) is 4.56. The molecule has 5 atom stereocenters. The van der Waals surface area contributed by atoms with Gasteiger partial charge in [0.1, 0.15) is 24.4 Å². The van der Waals surface area contributed by atoms with Crippen LogP contribution in [0.25, 0.3) is 0 Å². The summed E-state index contributed by atoms with van der Waals surface area (Å²) in [6.45, 7) is -1.91. The molecule has 94 valence electrons. The lowest BCUT2D eigenvalue weighted by Gasteiger charge is -2.40. The van der Waals surface area contributed by atoms with Gasteiger partial charge in [0.15, 0.2) is 13.0 Å². The van der Waals surface area contributed by atoms with E-state index in [1.165, 1.54) is 0 Å². The van der Waals surface area contributed by atoms with Crippen LogP contribution in [0.4, 0.5) is 4.39 Å². The Bertz CT molecular complexity index is 253. The summed E-state index contributed by atoms with van der Waals surface area (Å²) in [5, 5.41) is 39.0. The highest BCUT2D eigenvalue weighted by atomic mass is 19.1. The Labute approximate surface area is 90.5 Å². The zero-order chi connectivity index (χ0) is 12.3. The van der Waals surface area contributed by atoms with E-state index in [4.69, 9.17) is 9.84 Å². The van der Waals surface area contributed by atoms with Crippen molar-refractivity contribution in [2.75, 3.05) is 13.3 Å². The maximum absolute atomic E-state index is 11.9. The third-order valence-corrected chi connectivity index (χ3v) is 2.35. The molecule has 5 N–H and O–H groups in total. The maximum atomic E-state index is 11.9. The average molecular weight is 239 g/mol. The van der Waals surface area contributed by atoms with Gasteiger partial charge >= 0.3 is 0 Å². The molecule has 1 aliphatic heterocycles. The predicted molar refractivity (Wildman–Crippen MR) is 47.9 cm³/mol. The largest absolute Gasteiger partial charge is 0.394 e. The van der Waals surface area contributed by atoms with Crippen molar-refractivity contribution >= 4 is 5.91 Å². The van der Waals surface area contributed by atoms with Crippen LogP contribution in [0.15, 0.2) is 0 Å². The van der Waals surface area contributed by atoms with E-state index in [1.54, 1.807) is 0 Å². The summed E-state index contributed by atoms with van der Waals surface area (Å²) in [6.07, 6.45) is -5.79. The van der Waals surface area contributed by atoms with E-state index in [1.807, 2.05) is 5.32 Å².